The van der Waals surface area contributed by atoms with Crippen molar-refractivity contribution in [1.82, 2.24) is 0 Å². The molecular weight excluding hydrogens is 236 g/mol. The van der Waals surface area contributed by atoms with Crippen molar-refractivity contribution in [2.24, 2.45) is 0 Å². The molecule has 1 aliphatic rings. The van der Waals surface area contributed by atoms with Gasteiger partial charge in [0.2, 0.25) is 0 Å². The van der Waals surface area contributed by atoms with Crippen LogP contribution in [0.2, 0.25) is 0 Å². The van der Waals surface area contributed by atoms with Crippen molar-refractivity contribution in [3.63, 3.8) is 0 Å². The van der Waals surface area contributed by atoms with Gasteiger partial charge in [-0.1, -0.05) is 23.6 Å². The minimum Gasteiger partial charge on any atom is -0.508 e. The SMILES string of the molecule is O=C(CCCCC1=C=C=CC=C1)c1ccc(O)cc1. The fraction of sp³-hybridized carbons (Fsp3) is 0.235. The number of Topliss-reactive ketones (excluding diaryl/α,β-unsaturated/α-hetero) is 1. The molecule has 0 atom stereocenters. The Balaban J connectivity index is 1.75. The maximum absolute atomic E-state index is 11.9. The molecule has 2 heteroatoms. The van der Waals surface area contributed by atoms with Crippen LogP contribution in [0.1, 0.15) is 36.0 Å². The van der Waals surface area contributed by atoms with E-state index in [-0.39, 0.29) is 11.5 Å². The van der Waals surface area contributed by atoms with Gasteiger partial charge in [-0.15, -0.1) is 0 Å². The summed E-state index contributed by atoms with van der Waals surface area (Å²) in [7, 11) is 0. The zero-order valence-corrected chi connectivity index (χ0v) is 10.7. The number of phenolic OH excluding ortho intramolecular Hbond substituents is 1. The van der Waals surface area contributed by atoms with Gasteiger partial charge in [0.15, 0.2) is 5.78 Å². The Hall–Kier alpha value is -2.27. The zero-order valence-electron chi connectivity index (χ0n) is 10.7. The fourth-order valence-electron chi connectivity index (χ4n) is 1.93. The van der Waals surface area contributed by atoms with Crippen LogP contribution in [0.25, 0.3) is 0 Å². The van der Waals surface area contributed by atoms with Crippen LogP contribution in [0.4, 0.5) is 0 Å². The first-order valence-corrected chi connectivity index (χ1v) is 6.45. The monoisotopic (exact) mass is 252 g/mol. The van der Waals surface area contributed by atoms with Gasteiger partial charge in [0.1, 0.15) is 5.75 Å². The van der Waals surface area contributed by atoms with Crippen LogP contribution >= 0.6 is 0 Å². The molecule has 2 nitrogen and oxygen atoms in total. The van der Waals surface area contributed by atoms with E-state index < -0.39 is 0 Å². The molecule has 0 saturated heterocycles. The molecule has 2 rings (SSSR count). The summed E-state index contributed by atoms with van der Waals surface area (Å²) in [4.78, 5) is 11.9. The molecule has 19 heavy (non-hydrogen) atoms. The largest absolute Gasteiger partial charge is 0.508 e. The van der Waals surface area contributed by atoms with Crippen molar-refractivity contribution in [1.29, 1.82) is 0 Å². The van der Waals surface area contributed by atoms with E-state index in [1.165, 1.54) is 0 Å². The topological polar surface area (TPSA) is 37.3 Å². The van der Waals surface area contributed by atoms with E-state index in [4.69, 9.17) is 5.11 Å². The van der Waals surface area contributed by atoms with Crippen molar-refractivity contribution in [3.05, 3.63) is 65.1 Å². The molecule has 0 aromatic heterocycles. The molecule has 96 valence electrons. The quantitative estimate of drug-likeness (QED) is 0.473. The van der Waals surface area contributed by atoms with Crippen LogP contribution in [-0.2, 0) is 0 Å². The van der Waals surface area contributed by atoms with Gasteiger partial charge in [0.25, 0.3) is 0 Å². The van der Waals surface area contributed by atoms with Crippen LogP contribution in [0.3, 0.4) is 0 Å². The number of allylic oxidation sites excluding steroid dienone is 4. The van der Waals surface area contributed by atoms with E-state index in [1.807, 2.05) is 18.2 Å². The van der Waals surface area contributed by atoms with Gasteiger partial charge in [-0.2, -0.15) is 0 Å². The van der Waals surface area contributed by atoms with E-state index in [0.717, 1.165) is 24.8 Å². The third-order valence-corrected chi connectivity index (χ3v) is 3.00. The molecule has 0 aliphatic heterocycles. The molecule has 1 aromatic rings. The molecule has 0 saturated carbocycles. The zero-order chi connectivity index (χ0) is 13.5. The molecular formula is C17H16O2. The number of ketones is 1. The van der Waals surface area contributed by atoms with Crippen molar-refractivity contribution in [2.45, 2.75) is 25.7 Å². The van der Waals surface area contributed by atoms with Gasteiger partial charge in [-0.3, -0.25) is 4.79 Å². The van der Waals surface area contributed by atoms with Crippen LogP contribution in [0.5, 0.6) is 5.75 Å². The number of benzene rings is 1. The lowest BCUT2D eigenvalue weighted by Crippen LogP contribution is -1.98. The minimum absolute atomic E-state index is 0.128. The Labute approximate surface area is 113 Å². The number of aromatic hydroxyl groups is 1. The lowest BCUT2D eigenvalue weighted by molar-refractivity contribution is 0.0979. The highest BCUT2D eigenvalue weighted by Gasteiger charge is 2.05. The molecule has 0 radical (unpaired) electrons. The average molecular weight is 252 g/mol. The summed E-state index contributed by atoms with van der Waals surface area (Å²) < 4.78 is 0. The maximum Gasteiger partial charge on any atom is 0.162 e. The summed E-state index contributed by atoms with van der Waals surface area (Å²) in [6, 6.07) is 6.42. The second-order valence-corrected chi connectivity index (χ2v) is 4.50. The van der Waals surface area contributed by atoms with Gasteiger partial charge in [0.05, 0.1) is 0 Å². The number of phenols is 1. The third-order valence-electron chi connectivity index (χ3n) is 3.00. The Morgan fingerprint density at radius 2 is 1.95 bits per heavy atom. The van der Waals surface area contributed by atoms with Gasteiger partial charge in [-0.05, 0) is 49.6 Å². The smallest absolute Gasteiger partial charge is 0.162 e. The van der Waals surface area contributed by atoms with E-state index in [1.54, 1.807) is 24.3 Å². The fourth-order valence-corrected chi connectivity index (χ4v) is 1.93. The first-order chi connectivity index (χ1) is 9.25. The molecule has 0 amide bonds. The molecule has 0 spiro atoms. The van der Waals surface area contributed by atoms with E-state index >= 15 is 0 Å². The number of carbonyl (C=O) groups is 1. The van der Waals surface area contributed by atoms with Gasteiger partial charge in [-0.25, -0.2) is 0 Å². The van der Waals surface area contributed by atoms with Gasteiger partial charge < -0.3 is 5.11 Å². The highest BCUT2D eigenvalue weighted by molar-refractivity contribution is 5.96. The van der Waals surface area contributed by atoms with Crippen LogP contribution in [-0.4, -0.2) is 10.9 Å². The predicted molar refractivity (Wildman–Crippen MR) is 75.2 cm³/mol. The summed E-state index contributed by atoms with van der Waals surface area (Å²) in [5, 5.41) is 9.16. The molecule has 1 aliphatic carbocycles. The summed E-state index contributed by atoms with van der Waals surface area (Å²) in [6.07, 6.45) is 9.12. The number of rotatable bonds is 6. The van der Waals surface area contributed by atoms with Crippen LogP contribution in [0, 0.1) is 0 Å². The van der Waals surface area contributed by atoms with Gasteiger partial charge >= 0.3 is 0 Å². The first kappa shape index (κ1) is 13.2. The number of unbranched alkanes of at least 4 members (excludes halogenated alkanes) is 1. The molecule has 0 fully saturated rings. The van der Waals surface area contributed by atoms with Crippen molar-refractivity contribution >= 4 is 5.78 Å². The summed E-state index contributed by atoms with van der Waals surface area (Å²) in [6.45, 7) is 0. The maximum atomic E-state index is 11.9. The number of carbonyl (C=O) groups excluding carboxylic acids is 1. The normalized spacial score (nSPS) is 12.5. The Morgan fingerprint density at radius 1 is 1.16 bits per heavy atom. The van der Waals surface area contributed by atoms with Crippen LogP contribution in [0.15, 0.2) is 59.5 Å². The minimum atomic E-state index is 0.128. The third kappa shape index (κ3) is 4.15. The molecule has 0 unspecified atom stereocenters. The summed E-state index contributed by atoms with van der Waals surface area (Å²) in [5.74, 6) is 0.316. The number of hydrogen-bond acceptors (Lipinski definition) is 2. The van der Waals surface area contributed by atoms with Crippen molar-refractivity contribution < 1.29 is 9.90 Å². The second kappa shape index (κ2) is 6.61. The highest BCUT2D eigenvalue weighted by atomic mass is 16.3. The standard InChI is InChI=1S/C17H16O2/c18-16-12-10-15(11-13-16)17(19)9-5-4-8-14-6-2-1-3-7-14/h1-2,6,10-13,18H,4-5,8-9H2. The van der Waals surface area contributed by atoms with Gasteiger partial charge in [0, 0.05) is 17.6 Å². The summed E-state index contributed by atoms with van der Waals surface area (Å²) in [5.41, 5.74) is 7.79. The van der Waals surface area contributed by atoms with Crippen molar-refractivity contribution in [3.8, 4) is 5.75 Å². The molecule has 1 aromatic carbocycles. The summed E-state index contributed by atoms with van der Waals surface area (Å²) >= 11 is 0. The lowest BCUT2D eigenvalue weighted by atomic mass is 10.0. The van der Waals surface area contributed by atoms with E-state index in [0.29, 0.717) is 12.0 Å². The Kier molecular flexibility index (Phi) is 4.58. The molecule has 1 N–H and O–H groups in total. The molecule has 0 heterocycles. The Bertz CT molecular complexity index is 578. The Morgan fingerprint density at radius 3 is 2.63 bits per heavy atom. The molecule has 0 bridgehead atoms. The second-order valence-electron chi connectivity index (χ2n) is 4.50. The average Bonchev–Trinajstić information content (AvgIpc) is 2.45. The van der Waals surface area contributed by atoms with Crippen molar-refractivity contribution in [2.75, 3.05) is 0 Å². The van der Waals surface area contributed by atoms with Crippen LogP contribution < -0.4 is 0 Å². The highest BCUT2D eigenvalue weighted by Crippen LogP contribution is 2.15. The van der Waals surface area contributed by atoms with E-state index in [9.17, 15) is 4.79 Å². The van der Waals surface area contributed by atoms with E-state index in [2.05, 4.69) is 11.5 Å². The predicted octanol–water partition coefficient (Wildman–Crippen LogP) is 3.94. The lowest BCUT2D eigenvalue weighted by Gasteiger charge is -2.02. The first-order valence-electron chi connectivity index (χ1n) is 6.45. The number of hydrogen-bond donors (Lipinski definition) is 1.